The molecule has 0 unspecified atom stereocenters. The molecular formula is C63H67BrClF2N9O8. The summed E-state index contributed by atoms with van der Waals surface area (Å²) in [5.74, 6) is -2.43. The summed E-state index contributed by atoms with van der Waals surface area (Å²) in [5, 5.41) is 4.64. The molecule has 0 spiro atoms. The summed E-state index contributed by atoms with van der Waals surface area (Å²) in [4.78, 5) is 63.9. The van der Waals surface area contributed by atoms with E-state index in [-0.39, 0.29) is 17.6 Å². The first kappa shape index (κ1) is 65.9. The predicted molar refractivity (Wildman–Crippen MR) is 322 cm³/mol. The fourth-order valence-electron chi connectivity index (χ4n) is 6.99. The van der Waals surface area contributed by atoms with Gasteiger partial charge in [-0.05, 0) is 173 Å². The number of aromatic nitrogens is 9. The SMILES string of the molecule is CC(C)(C)OC(=O)C=C(c1ccc(Br)cc1)n1ccnc1.CC(C)(C)OC(=O)C=C(c1ccc(Cl)cc1)n1ccnc1.CC(C)(C)OC(=O)C=C(c1ccc(F)cc1)n1ccnc1.CC(C)(C)OC(=O)C=C(c1ccc(F)cc1)n1cncn1. The van der Waals surface area contributed by atoms with Crippen LogP contribution in [0.3, 0.4) is 0 Å². The maximum atomic E-state index is 13.0. The van der Waals surface area contributed by atoms with Crippen LogP contribution in [0.15, 0.2) is 195 Å². The van der Waals surface area contributed by atoms with Gasteiger partial charge in [0.05, 0.1) is 41.8 Å². The van der Waals surface area contributed by atoms with Crippen LogP contribution in [0.2, 0.25) is 5.02 Å². The molecule has 0 saturated heterocycles. The van der Waals surface area contributed by atoms with Gasteiger partial charge in [0.25, 0.3) is 0 Å². The van der Waals surface area contributed by atoms with E-state index in [4.69, 9.17) is 30.5 Å². The molecule has 17 nitrogen and oxygen atoms in total. The van der Waals surface area contributed by atoms with E-state index in [0.717, 1.165) is 15.6 Å². The first-order chi connectivity index (χ1) is 39.4. The van der Waals surface area contributed by atoms with E-state index in [1.165, 1.54) is 65.9 Å². The number of carbonyl (C=O) groups excluding carboxylic acids is 4. The van der Waals surface area contributed by atoms with Crippen LogP contribution in [-0.2, 0) is 38.1 Å². The number of esters is 4. The molecule has 0 aliphatic carbocycles. The Morgan fingerprint density at radius 2 is 0.714 bits per heavy atom. The first-order valence-corrected chi connectivity index (χ1v) is 27.2. The average Bonchev–Trinajstić information content (AvgIpc) is 4.30. The quantitative estimate of drug-likeness (QED) is 0.0639. The summed E-state index contributed by atoms with van der Waals surface area (Å²) >= 11 is 9.31. The van der Waals surface area contributed by atoms with Crippen LogP contribution in [-0.4, -0.2) is 89.7 Å². The molecule has 0 fully saturated rings. The molecule has 0 radical (unpaired) electrons. The molecule has 440 valence electrons. The number of rotatable bonds is 12. The van der Waals surface area contributed by atoms with Crippen LogP contribution in [0.1, 0.15) is 105 Å². The van der Waals surface area contributed by atoms with Crippen LogP contribution in [0.5, 0.6) is 0 Å². The Balaban J connectivity index is 0.000000205. The molecule has 0 aliphatic rings. The van der Waals surface area contributed by atoms with E-state index in [1.807, 2.05) is 77.9 Å². The van der Waals surface area contributed by atoms with Gasteiger partial charge in [0.15, 0.2) is 0 Å². The lowest BCUT2D eigenvalue weighted by molar-refractivity contribution is -0.149. The third-order valence-electron chi connectivity index (χ3n) is 10.2. The molecule has 0 atom stereocenters. The molecule has 0 amide bonds. The van der Waals surface area contributed by atoms with Crippen LogP contribution < -0.4 is 0 Å². The molecule has 0 bridgehead atoms. The molecule has 84 heavy (non-hydrogen) atoms. The fourth-order valence-corrected chi connectivity index (χ4v) is 7.38. The van der Waals surface area contributed by atoms with E-state index in [2.05, 4.69) is 41.0 Å². The van der Waals surface area contributed by atoms with Gasteiger partial charge in [0.1, 0.15) is 46.7 Å². The molecule has 0 aliphatic heterocycles. The van der Waals surface area contributed by atoms with Crippen molar-refractivity contribution in [1.29, 1.82) is 0 Å². The van der Waals surface area contributed by atoms with E-state index in [0.29, 0.717) is 38.9 Å². The summed E-state index contributed by atoms with van der Waals surface area (Å²) in [6.45, 7) is 21.8. The van der Waals surface area contributed by atoms with Crippen molar-refractivity contribution in [3.8, 4) is 0 Å². The standard InChI is InChI=1S/C16H17BrN2O2.C16H17ClN2O2.C16H17FN2O2.C15H16FN3O2/c3*1-16(2,3)21-15(20)10-14(19-9-8-18-11-19)12-4-6-13(17)7-5-12;1-15(2,3)21-14(20)8-13(19-10-17-9-18-19)11-4-6-12(16)7-5-11/h3*4-11H,1-3H3;4-10H,1-3H3. The number of ether oxygens (including phenoxy) is 4. The van der Waals surface area contributed by atoms with Crippen LogP contribution in [0.25, 0.3) is 22.8 Å². The van der Waals surface area contributed by atoms with Gasteiger partial charge in [-0.25, -0.2) is 52.6 Å². The third kappa shape index (κ3) is 23.5. The lowest BCUT2D eigenvalue weighted by Crippen LogP contribution is -2.23. The molecule has 0 N–H and O–H groups in total. The smallest absolute Gasteiger partial charge is 0.333 e. The van der Waals surface area contributed by atoms with Crippen molar-refractivity contribution in [1.82, 2.24) is 43.4 Å². The van der Waals surface area contributed by atoms with Crippen LogP contribution in [0.4, 0.5) is 8.78 Å². The number of imidazole rings is 3. The van der Waals surface area contributed by atoms with E-state index >= 15 is 0 Å². The van der Waals surface area contributed by atoms with E-state index in [9.17, 15) is 28.0 Å². The molecule has 8 aromatic rings. The Kier molecular flexibility index (Phi) is 23.5. The summed E-state index contributed by atoms with van der Waals surface area (Å²) in [5.41, 5.74) is 3.29. The Bertz CT molecular complexity index is 3030. The van der Waals surface area contributed by atoms with Crippen molar-refractivity contribution < 1.29 is 46.9 Å². The Morgan fingerprint density at radius 3 is 0.988 bits per heavy atom. The van der Waals surface area contributed by atoms with Crippen molar-refractivity contribution in [3.05, 3.63) is 234 Å². The largest absolute Gasteiger partial charge is 0.457 e. The van der Waals surface area contributed by atoms with Gasteiger partial charge in [-0.2, -0.15) is 5.10 Å². The molecule has 4 aromatic carbocycles. The second-order valence-electron chi connectivity index (χ2n) is 22.0. The number of halogens is 4. The summed E-state index contributed by atoms with van der Waals surface area (Å²) in [6, 6.07) is 26.6. The topological polar surface area (TPSA) is 189 Å². The molecule has 0 saturated carbocycles. The number of hydrogen-bond donors (Lipinski definition) is 0. The van der Waals surface area contributed by atoms with Gasteiger partial charge in [-0.3, -0.25) is 0 Å². The summed E-state index contributed by atoms with van der Waals surface area (Å²) in [7, 11) is 0. The summed E-state index contributed by atoms with van der Waals surface area (Å²) in [6.07, 6.45) is 23.5. The second kappa shape index (κ2) is 29.9. The highest BCUT2D eigenvalue weighted by Crippen LogP contribution is 2.24. The predicted octanol–water partition coefficient (Wildman–Crippen LogP) is 13.5. The normalized spacial score (nSPS) is 12.3. The number of benzene rings is 4. The number of nitrogens with zero attached hydrogens (tertiary/aromatic N) is 9. The maximum Gasteiger partial charge on any atom is 0.333 e. The van der Waals surface area contributed by atoms with E-state index in [1.54, 1.807) is 148 Å². The minimum absolute atomic E-state index is 0.332. The zero-order valence-electron chi connectivity index (χ0n) is 48.7. The molecule has 4 aromatic heterocycles. The molecule has 21 heteroatoms. The van der Waals surface area contributed by atoms with Gasteiger partial charge >= 0.3 is 23.9 Å². The average molecular weight is 1230 g/mol. The zero-order chi connectivity index (χ0) is 61.8. The highest BCUT2D eigenvalue weighted by Gasteiger charge is 2.20. The van der Waals surface area contributed by atoms with Crippen molar-refractivity contribution in [2.45, 2.75) is 105 Å². The van der Waals surface area contributed by atoms with Gasteiger partial charge in [-0.15, -0.1) is 0 Å². The van der Waals surface area contributed by atoms with Gasteiger partial charge in [0.2, 0.25) is 0 Å². The van der Waals surface area contributed by atoms with Crippen molar-refractivity contribution >= 4 is 74.2 Å². The van der Waals surface area contributed by atoms with Gasteiger partial charge in [-0.1, -0.05) is 51.8 Å². The highest BCUT2D eigenvalue weighted by atomic mass is 79.9. The van der Waals surface area contributed by atoms with Gasteiger partial charge in [0, 0.05) is 76.5 Å². The van der Waals surface area contributed by atoms with Crippen molar-refractivity contribution in [3.63, 3.8) is 0 Å². The Morgan fingerprint density at radius 1 is 0.429 bits per heavy atom. The Labute approximate surface area is 501 Å². The van der Waals surface area contributed by atoms with Crippen LogP contribution >= 0.6 is 27.5 Å². The lowest BCUT2D eigenvalue weighted by atomic mass is 10.1. The monoisotopic (exact) mass is 1230 g/mol. The number of carbonyl (C=O) groups is 4. The highest BCUT2D eigenvalue weighted by molar-refractivity contribution is 9.10. The lowest BCUT2D eigenvalue weighted by Gasteiger charge is -2.19. The van der Waals surface area contributed by atoms with Crippen LogP contribution in [0, 0.1) is 11.6 Å². The molecular weight excluding hydrogens is 1160 g/mol. The molecule has 8 rings (SSSR count). The minimum atomic E-state index is -0.593. The number of hydrogen-bond acceptors (Lipinski definition) is 13. The Hall–Kier alpha value is -8.88. The van der Waals surface area contributed by atoms with Crippen molar-refractivity contribution in [2.24, 2.45) is 0 Å². The fraction of sp³-hybridized carbons (Fsp3) is 0.254. The van der Waals surface area contributed by atoms with Crippen molar-refractivity contribution in [2.75, 3.05) is 0 Å². The second-order valence-corrected chi connectivity index (χ2v) is 23.4. The zero-order valence-corrected chi connectivity index (χ0v) is 51.0. The van der Waals surface area contributed by atoms with E-state index < -0.39 is 40.3 Å². The maximum absolute atomic E-state index is 13.0. The first-order valence-electron chi connectivity index (χ1n) is 26.0. The minimum Gasteiger partial charge on any atom is -0.457 e. The third-order valence-corrected chi connectivity index (χ3v) is 11.0. The van der Waals surface area contributed by atoms with Gasteiger partial charge < -0.3 is 32.6 Å². The molecule has 4 heterocycles. The summed E-state index contributed by atoms with van der Waals surface area (Å²) < 4.78 is 54.9.